The summed E-state index contributed by atoms with van der Waals surface area (Å²) >= 11 is 7.59. The SMILES string of the molecule is CC(=O)N/N=C\c1ccccc1OC(=O)c1sc2ccccc2c1Cl. The number of para-hydroxylation sites is 1. The smallest absolute Gasteiger partial charge is 0.355 e. The number of carbonyl (C=O) groups excluding carboxylic acids is 2. The van der Waals surface area contributed by atoms with Crippen LogP contribution in [0.15, 0.2) is 53.6 Å². The van der Waals surface area contributed by atoms with Crippen molar-refractivity contribution in [2.24, 2.45) is 5.10 Å². The van der Waals surface area contributed by atoms with E-state index in [1.54, 1.807) is 24.3 Å². The Hall–Kier alpha value is -2.70. The number of hydrazone groups is 1. The molecule has 0 saturated heterocycles. The number of fused-ring (bicyclic) bond motifs is 1. The van der Waals surface area contributed by atoms with E-state index in [1.807, 2.05) is 24.3 Å². The Bertz CT molecular complexity index is 981. The zero-order chi connectivity index (χ0) is 17.8. The van der Waals surface area contributed by atoms with E-state index in [2.05, 4.69) is 10.5 Å². The van der Waals surface area contributed by atoms with Gasteiger partial charge < -0.3 is 4.74 Å². The van der Waals surface area contributed by atoms with Crippen LogP contribution in [0.25, 0.3) is 10.1 Å². The first-order valence-electron chi connectivity index (χ1n) is 7.34. The van der Waals surface area contributed by atoms with Gasteiger partial charge in [0, 0.05) is 22.6 Å². The second-order valence-corrected chi connectivity index (χ2v) is 6.53. The monoisotopic (exact) mass is 372 g/mol. The van der Waals surface area contributed by atoms with Gasteiger partial charge in [-0.3, -0.25) is 4.79 Å². The second kappa shape index (κ2) is 7.46. The van der Waals surface area contributed by atoms with Crippen LogP contribution in [0.3, 0.4) is 0 Å². The predicted octanol–water partition coefficient (Wildman–Crippen LogP) is 4.24. The number of thiophene rings is 1. The minimum Gasteiger partial charge on any atom is -0.422 e. The molecule has 1 aromatic heterocycles. The van der Waals surface area contributed by atoms with Gasteiger partial charge in [-0.25, -0.2) is 10.2 Å². The van der Waals surface area contributed by atoms with Gasteiger partial charge in [0.05, 0.1) is 11.2 Å². The number of carbonyl (C=O) groups is 2. The second-order valence-electron chi connectivity index (χ2n) is 5.09. The molecule has 0 aliphatic heterocycles. The van der Waals surface area contributed by atoms with Crippen molar-refractivity contribution < 1.29 is 14.3 Å². The van der Waals surface area contributed by atoms with Gasteiger partial charge in [0.15, 0.2) is 0 Å². The van der Waals surface area contributed by atoms with E-state index in [4.69, 9.17) is 16.3 Å². The Morgan fingerprint density at radius 2 is 1.88 bits per heavy atom. The molecule has 3 rings (SSSR count). The van der Waals surface area contributed by atoms with Crippen molar-refractivity contribution in [2.45, 2.75) is 6.92 Å². The largest absolute Gasteiger partial charge is 0.422 e. The van der Waals surface area contributed by atoms with Crippen molar-refractivity contribution in [1.29, 1.82) is 0 Å². The molecule has 0 aliphatic rings. The lowest BCUT2D eigenvalue weighted by atomic mass is 10.2. The third kappa shape index (κ3) is 3.87. The summed E-state index contributed by atoms with van der Waals surface area (Å²) in [4.78, 5) is 23.8. The highest BCUT2D eigenvalue weighted by molar-refractivity contribution is 7.21. The van der Waals surface area contributed by atoms with Crippen molar-refractivity contribution in [2.75, 3.05) is 0 Å². The Kier molecular flexibility index (Phi) is 5.11. The molecule has 0 atom stereocenters. The molecule has 0 bridgehead atoms. The van der Waals surface area contributed by atoms with E-state index in [1.165, 1.54) is 24.5 Å². The van der Waals surface area contributed by atoms with Crippen LogP contribution in [-0.2, 0) is 4.79 Å². The van der Waals surface area contributed by atoms with Crippen molar-refractivity contribution >= 4 is 51.1 Å². The van der Waals surface area contributed by atoms with Gasteiger partial charge in [-0.05, 0) is 18.2 Å². The lowest BCUT2D eigenvalue weighted by Crippen LogP contribution is -2.13. The third-order valence-electron chi connectivity index (χ3n) is 3.27. The average Bonchev–Trinajstić information content (AvgIpc) is 2.93. The molecular formula is C18H13ClN2O3S. The number of hydrogen-bond acceptors (Lipinski definition) is 5. The number of rotatable bonds is 4. The lowest BCUT2D eigenvalue weighted by molar-refractivity contribution is -0.118. The molecule has 0 radical (unpaired) electrons. The van der Waals surface area contributed by atoms with E-state index >= 15 is 0 Å². The molecule has 2 aromatic carbocycles. The molecule has 1 N–H and O–H groups in total. The van der Waals surface area contributed by atoms with Gasteiger partial charge in [0.2, 0.25) is 5.91 Å². The number of amides is 1. The Labute approximate surface area is 152 Å². The summed E-state index contributed by atoms with van der Waals surface area (Å²) < 4.78 is 6.40. The fourth-order valence-electron chi connectivity index (χ4n) is 2.16. The number of esters is 1. The quantitative estimate of drug-likeness (QED) is 0.322. The van der Waals surface area contributed by atoms with Gasteiger partial charge in [0.1, 0.15) is 10.6 Å². The average molecular weight is 373 g/mol. The zero-order valence-electron chi connectivity index (χ0n) is 13.2. The van der Waals surface area contributed by atoms with Gasteiger partial charge in [-0.2, -0.15) is 5.10 Å². The summed E-state index contributed by atoms with van der Waals surface area (Å²) in [7, 11) is 0. The van der Waals surface area contributed by atoms with Crippen LogP contribution >= 0.6 is 22.9 Å². The number of hydrogen-bond donors (Lipinski definition) is 1. The summed E-state index contributed by atoms with van der Waals surface area (Å²) in [6, 6.07) is 14.4. The molecule has 126 valence electrons. The lowest BCUT2D eigenvalue weighted by Gasteiger charge is -2.06. The minimum atomic E-state index is -0.536. The van der Waals surface area contributed by atoms with E-state index in [0.717, 1.165) is 10.1 Å². The molecule has 0 saturated carbocycles. The standard InChI is InChI=1S/C18H13ClN2O3S/c1-11(22)21-20-10-12-6-2-4-8-14(12)24-18(23)17-16(19)13-7-3-5-9-15(13)25-17/h2-10H,1H3,(H,21,22)/b20-10-. The molecule has 25 heavy (non-hydrogen) atoms. The number of halogens is 1. The summed E-state index contributed by atoms with van der Waals surface area (Å²) in [5.74, 6) is -0.496. The maximum absolute atomic E-state index is 12.5. The van der Waals surface area contributed by atoms with Crippen LogP contribution in [0.2, 0.25) is 5.02 Å². The van der Waals surface area contributed by atoms with E-state index < -0.39 is 5.97 Å². The highest BCUT2D eigenvalue weighted by atomic mass is 35.5. The third-order valence-corrected chi connectivity index (χ3v) is 4.92. The molecule has 0 spiro atoms. The van der Waals surface area contributed by atoms with E-state index in [0.29, 0.717) is 21.2 Å². The Morgan fingerprint density at radius 3 is 2.64 bits per heavy atom. The predicted molar refractivity (Wildman–Crippen MR) is 99.6 cm³/mol. The summed E-state index contributed by atoms with van der Waals surface area (Å²) in [6.07, 6.45) is 1.41. The van der Waals surface area contributed by atoms with Crippen molar-refractivity contribution in [3.63, 3.8) is 0 Å². The molecule has 0 unspecified atom stereocenters. The first-order chi connectivity index (χ1) is 12.1. The first-order valence-corrected chi connectivity index (χ1v) is 8.53. The van der Waals surface area contributed by atoms with Crippen LogP contribution in [0.1, 0.15) is 22.2 Å². The van der Waals surface area contributed by atoms with Gasteiger partial charge >= 0.3 is 5.97 Å². The van der Waals surface area contributed by atoms with Crippen molar-refractivity contribution in [3.8, 4) is 5.75 Å². The fraction of sp³-hybridized carbons (Fsp3) is 0.0556. The van der Waals surface area contributed by atoms with Crippen molar-refractivity contribution in [3.05, 3.63) is 64.0 Å². The summed E-state index contributed by atoms with van der Waals surface area (Å²) in [5.41, 5.74) is 2.86. The molecule has 5 nitrogen and oxygen atoms in total. The van der Waals surface area contributed by atoms with E-state index in [9.17, 15) is 9.59 Å². The molecule has 1 heterocycles. The van der Waals surface area contributed by atoms with Crippen LogP contribution in [0, 0.1) is 0 Å². The number of benzene rings is 2. The molecule has 3 aromatic rings. The van der Waals surface area contributed by atoms with Gasteiger partial charge in [0.25, 0.3) is 0 Å². The summed E-state index contributed by atoms with van der Waals surface area (Å²) in [6.45, 7) is 1.35. The molecule has 0 aliphatic carbocycles. The molecule has 1 amide bonds. The topological polar surface area (TPSA) is 67.8 Å². The zero-order valence-corrected chi connectivity index (χ0v) is 14.7. The molecule has 7 heteroatoms. The maximum atomic E-state index is 12.5. The Morgan fingerprint density at radius 1 is 1.16 bits per heavy atom. The summed E-state index contributed by atoms with van der Waals surface area (Å²) in [5, 5.41) is 5.00. The van der Waals surface area contributed by atoms with Crippen LogP contribution < -0.4 is 10.2 Å². The fourth-order valence-corrected chi connectivity index (χ4v) is 3.55. The van der Waals surface area contributed by atoms with Gasteiger partial charge in [-0.15, -0.1) is 11.3 Å². The first kappa shape index (κ1) is 17.1. The normalized spacial score (nSPS) is 11.0. The highest BCUT2D eigenvalue weighted by Gasteiger charge is 2.19. The van der Waals surface area contributed by atoms with Gasteiger partial charge in [-0.1, -0.05) is 41.9 Å². The van der Waals surface area contributed by atoms with Crippen LogP contribution in [-0.4, -0.2) is 18.1 Å². The number of nitrogens with one attached hydrogen (secondary N) is 1. The Balaban J connectivity index is 1.86. The number of ether oxygens (including phenoxy) is 1. The molecular weight excluding hydrogens is 360 g/mol. The highest BCUT2D eigenvalue weighted by Crippen LogP contribution is 2.35. The van der Waals surface area contributed by atoms with Crippen LogP contribution in [0.4, 0.5) is 0 Å². The number of nitrogens with zero attached hydrogens (tertiary/aromatic N) is 1. The van der Waals surface area contributed by atoms with Crippen molar-refractivity contribution in [1.82, 2.24) is 5.43 Å². The van der Waals surface area contributed by atoms with Crippen LogP contribution in [0.5, 0.6) is 5.75 Å². The minimum absolute atomic E-state index is 0.289. The maximum Gasteiger partial charge on any atom is 0.355 e. The van der Waals surface area contributed by atoms with E-state index in [-0.39, 0.29) is 5.91 Å². The molecule has 0 fully saturated rings.